The molecule has 0 spiro atoms. The molecule has 0 aliphatic carbocycles. The number of piperazine rings is 1. The summed E-state index contributed by atoms with van der Waals surface area (Å²) < 4.78 is 6.55. The maximum absolute atomic E-state index is 5.30. The van der Waals surface area contributed by atoms with Gasteiger partial charge in [-0.2, -0.15) is 0 Å². The molecule has 1 aromatic heterocycles. The van der Waals surface area contributed by atoms with Gasteiger partial charge in [0.25, 0.3) is 0 Å². The van der Waals surface area contributed by atoms with Gasteiger partial charge >= 0.3 is 0 Å². The molecule has 2 aliphatic heterocycles. The van der Waals surface area contributed by atoms with Gasteiger partial charge in [-0.05, 0) is 41.6 Å². The molecule has 0 N–H and O–H groups in total. The van der Waals surface area contributed by atoms with Crippen LogP contribution in [0.5, 0.6) is 0 Å². The number of hydrogen-bond acceptors (Lipinski definition) is 4. The highest BCUT2D eigenvalue weighted by Crippen LogP contribution is 2.22. The van der Waals surface area contributed by atoms with Gasteiger partial charge in [0.15, 0.2) is 0 Å². The summed E-state index contributed by atoms with van der Waals surface area (Å²) in [4.78, 5) is 9.45. The van der Waals surface area contributed by atoms with Gasteiger partial charge in [-0.1, -0.05) is 0 Å². The van der Waals surface area contributed by atoms with Crippen LogP contribution >= 0.6 is 22.6 Å². The molecular weight excluding hydrogens is 341 g/mol. The van der Waals surface area contributed by atoms with Crippen molar-refractivity contribution in [2.75, 3.05) is 37.7 Å². The van der Waals surface area contributed by atoms with Crippen molar-refractivity contribution in [3.63, 3.8) is 0 Å². The predicted octanol–water partition coefficient (Wildman–Crippen LogP) is 1.60. The molecule has 1 aromatic rings. The molecule has 2 aliphatic rings. The Morgan fingerprint density at radius 2 is 2.22 bits per heavy atom. The summed E-state index contributed by atoms with van der Waals surface area (Å²) in [6, 6.07) is 5.42. The van der Waals surface area contributed by atoms with E-state index in [-0.39, 0.29) is 0 Å². The van der Waals surface area contributed by atoms with Crippen molar-refractivity contribution < 1.29 is 4.74 Å². The van der Waals surface area contributed by atoms with Gasteiger partial charge in [0.05, 0.1) is 19.3 Å². The largest absolute Gasteiger partial charge is 0.378 e. The first-order valence-corrected chi connectivity index (χ1v) is 7.52. The third-order valence-electron chi connectivity index (χ3n) is 3.80. The zero-order chi connectivity index (χ0) is 12.5. The fourth-order valence-electron chi connectivity index (χ4n) is 2.70. The van der Waals surface area contributed by atoms with Crippen molar-refractivity contribution in [2.45, 2.75) is 19.0 Å². The third kappa shape index (κ3) is 2.48. The topological polar surface area (TPSA) is 28.6 Å². The zero-order valence-electron chi connectivity index (χ0n) is 10.6. The Hall–Kier alpha value is -0.400. The molecule has 0 bridgehead atoms. The molecule has 3 rings (SSSR count). The second kappa shape index (κ2) is 5.30. The predicted molar refractivity (Wildman–Crippen MR) is 79.9 cm³/mol. The van der Waals surface area contributed by atoms with Gasteiger partial charge in [-0.25, -0.2) is 4.98 Å². The highest BCUT2D eigenvalue weighted by atomic mass is 127. The monoisotopic (exact) mass is 359 g/mol. The fourth-order valence-corrected chi connectivity index (χ4v) is 3.14. The average Bonchev–Trinajstić information content (AvgIpc) is 2.29. The van der Waals surface area contributed by atoms with Gasteiger partial charge in [0, 0.05) is 35.4 Å². The van der Waals surface area contributed by atoms with E-state index in [1.54, 1.807) is 0 Å². The van der Waals surface area contributed by atoms with Crippen LogP contribution in [0.1, 0.15) is 6.92 Å². The van der Waals surface area contributed by atoms with Crippen LogP contribution in [0.25, 0.3) is 0 Å². The average molecular weight is 359 g/mol. The minimum absolute atomic E-state index is 0.576. The summed E-state index contributed by atoms with van der Waals surface area (Å²) in [5, 5.41) is 0. The van der Waals surface area contributed by atoms with Gasteiger partial charge in [0.2, 0.25) is 0 Å². The lowest BCUT2D eigenvalue weighted by atomic mass is 10.1. The molecule has 5 heteroatoms. The molecule has 3 heterocycles. The lowest BCUT2D eigenvalue weighted by Crippen LogP contribution is -2.60. The van der Waals surface area contributed by atoms with E-state index in [1.807, 2.05) is 12.3 Å². The Kier molecular flexibility index (Phi) is 3.72. The normalized spacial score (nSPS) is 26.1. The quantitative estimate of drug-likeness (QED) is 0.750. The molecule has 2 fully saturated rings. The molecule has 0 aromatic carbocycles. The van der Waals surface area contributed by atoms with Crippen molar-refractivity contribution in [1.82, 2.24) is 9.88 Å². The first-order valence-electron chi connectivity index (χ1n) is 6.44. The maximum atomic E-state index is 5.30. The summed E-state index contributed by atoms with van der Waals surface area (Å²) >= 11 is 2.34. The molecule has 18 heavy (non-hydrogen) atoms. The van der Waals surface area contributed by atoms with Crippen LogP contribution in [-0.4, -0.2) is 54.8 Å². The molecule has 2 saturated heterocycles. The van der Waals surface area contributed by atoms with E-state index in [2.05, 4.69) is 50.4 Å². The first kappa shape index (κ1) is 12.6. The van der Waals surface area contributed by atoms with Gasteiger partial charge < -0.3 is 9.64 Å². The Labute approximate surface area is 121 Å². The second-order valence-electron chi connectivity index (χ2n) is 5.06. The molecular formula is C13H18IN3O. The van der Waals surface area contributed by atoms with E-state index < -0.39 is 0 Å². The number of halogens is 1. The number of nitrogens with zero attached hydrogens (tertiary/aromatic N) is 3. The van der Waals surface area contributed by atoms with E-state index in [4.69, 9.17) is 4.74 Å². The summed E-state index contributed by atoms with van der Waals surface area (Å²) in [5.74, 6) is 1.11. The lowest BCUT2D eigenvalue weighted by molar-refractivity contribution is -0.0793. The molecule has 1 unspecified atom stereocenters. The summed E-state index contributed by atoms with van der Waals surface area (Å²) in [6.07, 6.45) is 1.90. The summed E-state index contributed by atoms with van der Waals surface area (Å²) in [5.41, 5.74) is 0. The van der Waals surface area contributed by atoms with Gasteiger partial charge in [-0.3, -0.25) is 4.90 Å². The Morgan fingerprint density at radius 3 is 2.83 bits per heavy atom. The number of anilines is 1. The van der Waals surface area contributed by atoms with Crippen molar-refractivity contribution in [3.8, 4) is 0 Å². The zero-order valence-corrected chi connectivity index (χ0v) is 12.7. The number of aromatic nitrogens is 1. The van der Waals surface area contributed by atoms with Crippen LogP contribution in [0.3, 0.4) is 0 Å². The van der Waals surface area contributed by atoms with Crippen molar-refractivity contribution >= 4 is 28.4 Å². The Balaban J connectivity index is 1.67. The van der Waals surface area contributed by atoms with Crippen LogP contribution in [-0.2, 0) is 4.74 Å². The Bertz CT molecular complexity index is 424. The summed E-state index contributed by atoms with van der Waals surface area (Å²) in [7, 11) is 0. The van der Waals surface area contributed by atoms with Crippen molar-refractivity contribution in [3.05, 3.63) is 21.9 Å². The van der Waals surface area contributed by atoms with E-state index in [1.165, 1.54) is 3.57 Å². The van der Waals surface area contributed by atoms with Crippen molar-refractivity contribution in [1.29, 1.82) is 0 Å². The highest BCUT2D eigenvalue weighted by Gasteiger charge is 2.33. The summed E-state index contributed by atoms with van der Waals surface area (Å²) in [6.45, 7) is 7.36. The van der Waals surface area contributed by atoms with E-state index >= 15 is 0 Å². The highest BCUT2D eigenvalue weighted by molar-refractivity contribution is 14.1. The Morgan fingerprint density at radius 1 is 1.39 bits per heavy atom. The molecule has 0 radical (unpaired) electrons. The van der Waals surface area contributed by atoms with E-state index in [9.17, 15) is 0 Å². The first-order chi connectivity index (χ1) is 8.74. The smallest absolute Gasteiger partial charge is 0.129 e. The number of pyridine rings is 1. The van der Waals surface area contributed by atoms with Crippen LogP contribution in [0, 0.1) is 3.57 Å². The van der Waals surface area contributed by atoms with E-state index in [0.717, 1.165) is 38.7 Å². The molecule has 0 amide bonds. The third-order valence-corrected chi connectivity index (χ3v) is 4.47. The molecule has 1 atom stereocenters. The molecule has 4 nitrogen and oxygen atoms in total. The van der Waals surface area contributed by atoms with Crippen LogP contribution in [0.15, 0.2) is 18.3 Å². The SMILES string of the molecule is CC1CN(c2cc(I)ccn2)CCN1C1COC1. The number of rotatable bonds is 2. The number of ether oxygens (including phenoxy) is 1. The molecule has 98 valence electrons. The van der Waals surface area contributed by atoms with Crippen LogP contribution in [0.4, 0.5) is 5.82 Å². The van der Waals surface area contributed by atoms with Crippen LogP contribution < -0.4 is 4.90 Å². The minimum Gasteiger partial charge on any atom is -0.378 e. The minimum atomic E-state index is 0.576. The van der Waals surface area contributed by atoms with Gasteiger partial charge in [0.1, 0.15) is 5.82 Å². The standard InChI is InChI=1S/C13H18IN3O/c1-10-7-16(13-6-11(14)2-3-15-13)4-5-17(10)12-8-18-9-12/h2-3,6,10,12H,4-5,7-9H2,1H3. The maximum Gasteiger partial charge on any atom is 0.129 e. The van der Waals surface area contributed by atoms with Crippen molar-refractivity contribution in [2.24, 2.45) is 0 Å². The van der Waals surface area contributed by atoms with Crippen LogP contribution in [0.2, 0.25) is 0 Å². The fraction of sp³-hybridized carbons (Fsp3) is 0.615. The lowest BCUT2D eigenvalue weighted by Gasteiger charge is -2.46. The number of hydrogen-bond donors (Lipinski definition) is 0. The van der Waals surface area contributed by atoms with Gasteiger partial charge in [-0.15, -0.1) is 0 Å². The van der Waals surface area contributed by atoms with E-state index in [0.29, 0.717) is 12.1 Å². The molecule has 0 saturated carbocycles. The second-order valence-corrected chi connectivity index (χ2v) is 6.30.